The summed E-state index contributed by atoms with van der Waals surface area (Å²) in [6.07, 6.45) is 4.26. The summed E-state index contributed by atoms with van der Waals surface area (Å²) >= 11 is 5.74. The van der Waals surface area contributed by atoms with Crippen molar-refractivity contribution in [2.45, 2.75) is 44.1 Å². The van der Waals surface area contributed by atoms with Gasteiger partial charge in [0.15, 0.2) is 5.82 Å². The molecule has 1 heterocycles. The summed E-state index contributed by atoms with van der Waals surface area (Å²) < 4.78 is 1.73. The van der Waals surface area contributed by atoms with Crippen LogP contribution in [0.2, 0.25) is 0 Å². The van der Waals surface area contributed by atoms with Crippen LogP contribution in [0.1, 0.15) is 49.0 Å². The van der Waals surface area contributed by atoms with Gasteiger partial charge in [-0.1, -0.05) is 0 Å². The zero-order valence-corrected chi connectivity index (χ0v) is 10.2. The van der Waals surface area contributed by atoms with Crippen LogP contribution in [0.3, 0.4) is 0 Å². The lowest BCUT2D eigenvalue weighted by Crippen LogP contribution is -2.08. The van der Waals surface area contributed by atoms with Crippen LogP contribution in [0.4, 0.5) is 5.82 Å². The lowest BCUT2D eigenvalue weighted by Gasteiger charge is -2.02. The summed E-state index contributed by atoms with van der Waals surface area (Å²) in [7, 11) is 0. The molecule has 0 aliphatic heterocycles. The van der Waals surface area contributed by atoms with E-state index in [0.717, 1.165) is 31.5 Å². The summed E-state index contributed by atoms with van der Waals surface area (Å²) in [5, 5.41) is 11.2. The minimum Gasteiger partial charge on any atom is -0.358 e. The second-order valence-corrected chi connectivity index (χ2v) is 5.20. The van der Waals surface area contributed by atoms with Crippen molar-refractivity contribution in [3.8, 4) is 0 Å². The minimum atomic E-state index is -0.293. The highest BCUT2D eigenvalue weighted by atomic mass is 35.5. The van der Waals surface area contributed by atoms with Crippen LogP contribution < -0.4 is 0 Å². The van der Waals surface area contributed by atoms with E-state index in [0.29, 0.717) is 30.0 Å². The Bertz CT molecular complexity index is 464. The van der Waals surface area contributed by atoms with Gasteiger partial charge in [0.1, 0.15) is 12.2 Å². The number of halogens is 1. The Morgan fingerprint density at radius 1 is 1.35 bits per heavy atom. The number of hydrogen-bond donors (Lipinski definition) is 0. The second-order valence-electron chi connectivity index (χ2n) is 4.83. The molecule has 5 nitrogen and oxygen atoms in total. The molecule has 2 aliphatic carbocycles. The van der Waals surface area contributed by atoms with Gasteiger partial charge >= 0.3 is 5.82 Å². The molecular weight excluding hydrogens is 242 g/mol. The molecule has 0 radical (unpaired) electrons. The number of aromatic nitrogens is 2. The quantitative estimate of drug-likeness (QED) is 0.462. The average Bonchev–Trinajstić information content (AvgIpc) is 3.17. The van der Waals surface area contributed by atoms with E-state index in [9.17, 15) is 10.1 Å². The van der Waals surface area contributed by atoms with E-state index < -0.39 is 0 Å². The predicted molar refractivity (Wildman–Crippen MR) is 63.6 cm³/mol. The molecular formula is C11H14ClN3O2. The molecule has 17 heavy (non-hydrogen) atoms. The number of hydrogen-bond acceptors (Lipinski definition) is 3. The Morgan fingerprint density at radius 3 is 2.47 bits per heavy atom. The fourth-order valence-electron chi connectivity index (χ4n) is 2.26. The van der Waals surface area contributed by atoms with Crippen molar-refractivity contribution in [2.24, 2.45) is 0 Å². The topological polar surface area (TPSA) is 61.0 Å². The molecule has 6 heteroatoms. The van der Waals surface area contributed by atoms with Gasteiger partial charge in [0.2, 0.25) is 0 Å². The van der Waals surface area contributed by atoms with Crippen molar-refractivity contribution < 1.29 is 4.92 Å². The van der Waals surface area contributed by atoms with E-state index in [-0.39, 0.29) is 10.7 Å². The summed E-state index contributed by atoms with van der Waals surface area (Å²) in [4.78, 5) is 15.5. The standard InChI is InChI=1S/C11H14ClN3O2/c12-5-6-14-10(8-3-4-8)13-9(7-1-2-7)11(14)15(16)17/h7-8H,1-6H2. The highest BCUT2D eigenvalue weighted by Crippen LogP contribution is 2.47. The van der Waals surface area contributed by atoms with Gasteiger partial charge in [0, 0.05) is 11.8 Å². The van der Waals surface area contributed by atoms with Gasteiger partial charge in [0.25, 0.3) is 0 Å². The molecule has 2 saturated carbocycles. The Hall–Kier alpha value is -1.10. The van der Waals surface area contributed by atoms with Gasteiger partial charge < -0.3 is 10.1 Å². The van der Waals surface area contributed by atoms with E-state index >= 15 is 0 Å². The fraction of sp³-hybridized carbons (Fsp3) is 0.727. The molecule has 0 atom stereocenters. The van der Waals surface area contributed by atoms with Gasteiger partial charge in [-0.2, -0.15) is 0 Å². The Balaban J connectivity index is 2.08. The summed E-state index contributed by atoms with van der Waals surface area (Å²) in [6.45, 7) is 0.490. The third-order valence-corrected chi connectivity index (χ3v) is 3.55. The van der Waals surface area contributed by atoms with Crippen LogP contribution >= 0.6 is 11.6 Å². The van der Waals surface area contributed by atoms with Crippen molar-refractivity contribution in [2.75, 3.05) is 5.88 Å². The molecule has 2 aliphatic rings. The van der Waals surface area contributed by atoms with Gasteiger partial charge in [-0.3, -0.25) is 0 Å². The van der Waals surface area contributed by atoms with Gasteiger partial charge in [-0.25, -0.2) is 9.55 Å². The average molecular weight is 256 g/mol. The monoisotopic (exact) mass is 255 g/mol. The molecule has 0 aromatic carbocycles. The maximum atomic E-state index is 11.2. The normalized spacial score (nSPS) is 19.6. The van der Waals surface area contributed by atoms with Crippen molar-refractivity contribution in [1.82, 2.24) is 9.55 Å². The first-order valence-electron chi connectivity index (χ1n) is 6.03. The number of nitrogens with zero attached hydrogens (tertiary/aromatic N) is 3. The predicted octanol–water partition coefficient (Wildman–Crippen LogP) is 2.78. The van der Waals surface area contributed by atoms with E-state index in [1.807, 2.05) is 0 Å². The maximum Gasteiger partial charge on any atom is 0.346 e. The van der Waals surface area contributed by atoms with Crippen molar-refractivity contribution >= 4 is 17.4 Å². The third kappa shape index (κ3) is 1.92. The number of rotatable bonds is 5. The third-order valence-electron chi connectivity index (χ3n) is 3.38. The molecule has 1 aromatic heterocycles. The highest BCUT2D eigenvalue weighted by molar-refractivity contribution is 6.17. The first kappa shape index (κ1) is 11.0. The molecule has 0 saturated heterocycles. The molecule has 0 amide bonds. The van der Waals surface area contributed by atoms with E-state index in [2.05, 4.69) is 4.98 Å². The van der Waals surface area contributed by atoms with Crippen LogP contribution in [0, 0.1) is 10.1 Å². The fourth-order valence-corrected chi connectivity index (χ4v) is 2.43. The van der Waals surface area contributed by atoms with Crippen LogP contribution in [-0.2, 0) is 6.54 Å². The molecule has 92 valence electrons. The van der Waals surface area contributed by atoms with Gasteiger partial charge in [0.05, 0.1) is 5.88 Å². The van der Waals surface area contributed by atoms with E-state index in [4.69, 9.17) is 11.6 Å². The summed E-state index contributed by atoms with van der Waals surface area (Å²) in [6, 6.07) is 0. The molecule has 3 rings (SSSR count). The lowest BCUT2D eigenvalue weighted by molar-refractivity contribution is -0.392. The number of imidazole rings is 1. The second kappa shape index (κ2) is 3.98. The zero-order valence-electron chi connectivity index (χ0n) is 9.43. The summed E-state index contributed by atoms with van der Waals surface area (Å²) in [5.41, 5.74) is 0.696. The first-order valence-corrected chi connectivity index (χ1v) is 6.56. The molecule has 0 spiro atoms. The van der Waals surface area contributed by atoms with Gasteiger partial charge in [-0.05, 0) is 30.6 Å². The largest absolute Gasteiger partial charge is 0.358 e. The van der Waals surface area contributed by atoms with Crippen LogP contribution in [0.25, 0.3) is 0 Å². The summed E-state index contributed by atoms with van der Waals surface area (Å²) in [5.74, 6) is 2.20. The van der Waals surface area contributed by atoms with E-state index in [1.54, 1.807) is 4.57 Å². The SMILES string of the molecule is O=[N+]([O-])c1c(C2CC2)nc(C2CC2)n1CCCl. The molecule has 1 aromatic rings. The molecule has 0 bridgehead atoms. The number of alkyl halides is 1. The van der Waals surface area contributed by atoms with Crippen LogP contribution in [0.5, 0.6) is 0 Å². The van der Waals surface area contributed by atoms with Crippen molar-refractivity contribution in [3.63, 3.8) is 0 Å². The molecule has 2 fully saturated rings. The van der Waals surface area contributed by atoms with Crippen molar-refractivity contribution in [1.29, 1.82) is 0 Å². The Kier molecular flexibility index (Phi) is 2.58. The minimum absolute atomic E-state index is 0.190. The lowest BCUT2D eigenvalue weighted by atomic mass is 10.3. The molecule has 0 N–H and O–H groups in total. The van der Waals surface area contributed by atoms with Crippen molar-refractivity contribution in [3.05, 3.63) is 21.6 Å². The highest BCUT2D eigenvalue weighted by Gasteiger charge is 2.41. The zero-order chi connectivity index (χ0) is 12.0. The Labute approximate surface area is 104 Å². The van der Waals surface area contributed by atoms with Crippen LogP contribution in [0.15, 0.2) is 0 Å². The van der Waals surface area contributed by atoms with E-state index in [1.165, 1.54) is 0 Å². The molecule has 0 unspecified atom stereocenters. The number of nitro groups is 1. The van der Waals surface area contributed by atoms with Crippen LogP contribution in [-0.4, -0.2) is 20.4 Å². The smallest absolute Gasteiger partial charge is 0.346 e. The first-order chi connectivity index (χ1) is 8.22. The van der Waals surface area contributed by atoms with Gasteiger partial charge in [-0.15, -0.1) is 11.6 Å². The Morgan fingerprint density at radius 2 is 2.00 bits per heavy atom. The maximum absolute atomic E-state index is 11.2.